The molecule has 0 atom stereocenters. The van der Waals surface area contributed by atoms with Gasteiger partial charge in [-0.05, 0) is 18.9 Å². The third kappa shape index (κ3) is 3.76. The summed E-state index contributed by atoms with van der Waals surface area (Å²) in [5.41, 5.74) is 0.573. The zero-order valence-electron chi connectivity index (χ0n) is 9.89. The Bertz CT molecular complexity index is 454. The van der Waals surface area contributed by atoms with Gasteiger partial charge in [0.1, 0.15) is 5.75 Å². The van der Waals surface area contributed by atoms with Crippen molar-refractivity contribution in [2.45, 2.75) is 25.3 Å². The van der Waals surface area contributed by atoms with E-state index in [1.54, 1.807) is 24.3 Å². The highest BCUT2D eigenvalue weighted by atomic mass is 16.5. The molecular formula is C13H15NO4. The van der Waals surface area contributed by atoms with Gasteiger partial charge in [-0.15, -0.1) is 0 Å². The minimum absolute atomic E-state index is 0.0763. The topological polar surface area (TPSA) is 75.6 Å². The average molecular weight is 249 g/mol. The second-order valence-corrected chi connectivity index (χ2v) is 4.31. The number of carboxylic acid groups (broad SMARTS) is 1. The standard InChI is InChI=1S/C13H15NO4/c15-12(14-10-5-6-10)8-18-11-4-2-1-3-9(11)7-13(16)17/h1-4,10H,5-8H2,(H,14,15)(H,16,17). The van der Waals surface area contributed by atoms with E-state index in [0.29, 0.717) is 17.4 Å². The number of carbonyl (C=O) groups excluding carboxylic acids is 1. The van der Waals surface area contributed by atoms with Crippen molar-refractivity contribution in [3.05, 3.63) is 29.8 Å². The predicted molar refractivity (Wildman–Crippen MR) is 64.4 cm³/mol. The summed E-state index contributed by atoms with van der Waals surface area (Å²) in [4.78, 5) is 22.1. The summed E-state index contributed by atoms with van der Waals surface area (Å²) < 4.78 is 5.35. The van der Waals surface area contributed by atoms with Crippen LogP contribution >= 0.6 is 0 Å². The largest absolute Gasteiger partial charge is 0.483 e. The normalized spacial score (nSPS) is 14.0. The SMILES string of the molecule is O=C(O)Cc1ccccc1OCC(=O)NC1CC1. The van der Waals surface area contributed by atoms with Crippen molar-refractivity contribution in [3.8, 4) is 5.75 Å². The highest BCUT2D eigenvalue weighted by molar-refractivity contribution is 5.78. The summed E-state index contributed by atoms with van der Waals surface area (Å²) in [6.45, 7) is -0.0763. The average Bonchev–Trinajstić information content (AvgIpc) is 3.11. The van der Waals surface area contributed by atoms with Gasteiger partial charge in [0, 0.05) is 11.6 Å². The number of para-hydroxylation sites is 1. The molecule has 1 saturated carbocycles. The van der Waals surface area contributed by atoms with Gasteiger partial charge in [0.25, 0.3) is 5.91 Å². The van der Waals surface area contributed by atoms with Crippen molar-refractivity contribution in [3.63, 3.8) is 0 Å². The van der Waals surface area contributed by atoms with E-state index in [2.05, 4.69) is 5.32 Å². The lowest BCUT2D eigenvalue weighted by Gasteiger charge is -2.10. The fourth-order valence-electron chi connectivity index (χ4n) is 1.59. The lowest BCUT2D eigenvalue weighted by molar-refractivity contribution is -0.136. The van der Waals surface area contributed by atoms with Gasteiger partial charge >= 0.3 is 5.97 Å². The Balaban J connectivity index is 1.90. The molecule has 0 aliphatic heterocycles. The molecule has 96 valence electrons. The summed E-state index contributed by atoms with van der Waals surface area (Å²) in [7, 11) is 0. The van der Waals surface area contributed by atoms with Gasteiger partial charge in [-0.25, -0.2) is 0 Å². The van der Waals surface area contributed by atoms with Gasteiger partial charge < -0.3 is 15.2 Å². The molecule has 0 bridgehead atoms. The molecule has 1 fully saturated rings. The Morgan fingerprint density at radius 2 is 2.06 bits per heavy atom. The highest BCUT2D eigenvalue weighted by Crippen LogP contribution is 2.20. The van der Waals surface area contributed by atoms with Crippen molar-refractivity contribution in [1.29, 1.82) is 0 Å². The van der Waals surface area contributed by atoms with Crippen LogP contribution in [0.3, 0.4) is 0 Å². The van der Waals surface area contributed by atoms with Gasteiger partial charge in [-0.1, -0.05) is 18.2 Å². The van der Waals surface area contributed by atoms with E-state index >= 15 is 0 Å². The van der Waals surface area contributed by atoms with Crippen LogP contribution in [-0.4, -0.2) is 29.6 Å². The number of hydrogen-bond acceptors (Lipinski definition) is 3. The van der Waals surface area contributed by atoms with Crippen molar-refractivity contribution in [2.24, 2.45) is 0 Å². The Morgan fingerprint density at radius 1 is 1.33 bits per heavy atom. The fraction of sp³-hybridized carbons (Fsp3) is 0.385. The minimum Gasteiger partial charge on any atom is -0.483 e. The fourth-order valence-corrected chi connectivity index (χ4v) is 1.59. The van der Waals surface area contributed by atoms with Crippen LogP contribution in [0.25, 0.3) is 0 Å². The number of benzene rings is 1. The van der Waals surface area contributed by atoms with Crippen LogP contribution in [0.1, 0.15) is 18.4 Å². The smallest absolute Gasteiger partial charge is 0.307 e. The first-order valence-electron chi connectivity index (χ1n) is 5.87. The Hall–Kier alpha value is -2.04. The molecule has 1 aliphatic carbocycles. The third-order valence-corrected chi connectivity index (χ3v) is 2.62. The minimum atomic E-state index is -0.923. The Kier molecular flexibility index (Phi) is 3.82. The maximum atomic E-state index is 11.4. The predicted octanol–water partition coefficient (Wildman–Crippen LogP) is 0.971. The molecule has 2 N–H and O–H groups in total. The lowest BCUT2D eigenvalue weighted by Crippen LogP contribution is -2.30. The number of aliphatic carboxylic acids is 1. The summed E-state index contributed by atoms with van der Waals surface area (Å²) in [6.07, 6.45) is 1.95. The van der Waals surface area contributed by atoms with E-state index in [1.165, 1.54) is 0 Å². The van der Waals surface area contributed by atoms with Crippen molar-refractivity contribution < 1.29 is 19.4 Å². The second kappa shape index (κ2) is 5.53. The van der Waals surface area contributed by atoms with Crippen molar-refractivity contribution in [1.82, 2.24) is 5.32 Å². The molecule has 1 aromatic carbocycles. The molecule has 2 rings (SSSR count). The molecule has 0 radical (unpaired) electrons. The molecular weight excluding hydrogens is 234 g/mol. The molecule has 0 saturated heterocycles. The molecule has 1 amide bonds. The second-order valence-electron chi connectivity index (χ2n) is 4.31. The molecule has 0 spiro atoms. The third-order valence-electron chi connectivity index (χ3n) is 2.62. The number of rotatable bonds is 6. The summed E-state index contributed by atoms with van der Waals surface area (Å²) in [6, 6.07) is 7.15. The first-order chi connectivity index (χ1) is 8.65. The first-order valence-corrected chi connectivity index (χ1v) is 5.87. The molecule has 5 nitrogen and oxygen atoms in total. The van der Waals surface area contributed by atoms with Gasteiger partial charge in [0.05, 0.1) is 6.42 Å². The van der Waals surface area contributed by atoms with Crippen LogP contribution in [0, 0.1) is 0 Å². The summed E-state index contributed by atoms with van der Waals surface area (Å²) >= 11 is 0. The summed E-state index contributed by atoms with van der Waals surface area (Å²) in [5, 5.41) is 11.6. The van der Waals surface area contributed by atoms with Gasteiger partial charge in [-0.2, -0.15) is 0 Å². The van der Waals surface area contributed by atoms with Crippen molar-refractivity contribution in [2.75, 3.05) is 6.61 Å². The van der Waals surface area contributed by atoms with Crippen LogP contribution in [0.5, 0.6) is 5.75 Å². The quantitative estimate of drug-likeness (QED) is 0.787. The highest BCUT2D eigenvalue weighted by Gasteiger charge is 2.23. The molecule has 1 aliphatic rings. The molecule has 0 unspecified atom stereocenters. The zero-order valence-corrected chi connectivity index (χ0v) is 9.89. The van der Waals surface area contributed by atoms with Crippen LogP contribution in [0.15, 0.2) is 24.3 Å². The van der Waals surface area contributed by atoms with E-state index in [-0.39, 0.29) is 18.9 Å². The molecule has 0 aromatic heterocycles. The maximum absolute atomic E-state index is 11.4. The molecule has 18 heavy (non-hydrogen) atoms. The van der Waals surface area contributed by atoms with E-state index in [1.807, 2.05) is 0 Å². The van der Waals surface area contributed by atoms with Crippen LogP contribution < -0.4 is 10.1 Å². The number of carboxylic acids is 1. The summed E-state index contributed by atoms with van der Waals surface area (Å²) in [5.74, 6) is -0.637. The number of amides is 1. The Morgan fingerprint density at radius 3 is 2.72 bits per heavy atom. The number of carbonyl (C=O) groups is 2. The molecule has 1 aromatic rings. The number of hydrogen-bond donors (Lipinski definition) is 2. The monoisotopic (exact) mass is 249 g/mol. The van der Waals surface area contributed by atoms with Gasteiger partial charge in [0.15, 0.2) is 6.61 Å². The van der Waals surface area contributed by atoms with Gasteiger partial charge in [-0.3, -0.25) is 9.59 Å². The van der Waals surface area contributed by atoms with Crippen molar-refractivity contribution >= 4 is 11.9 Å². The Labute approximate surface area is 105 Å². The van der Waals surface area contributed by atoms with Crippen LogP contribution in [0.2, 0.25) is 0 Å². The van der Waals surface area contributed by atoms with E-state index in [0.717, 1.165) is 12.8 Å². The zero-order chi connectivity index (χ0) is 13.0. The maximum Gasteiger partial charge on any atom is 0.307 e. The van der Waals surface area contributed by atoms with E-state index < -0.39 is 5.97 Å². The number of ether oxygens (including phenoxy) is 1. The van der Waals surface area contributed by atoms with E-state index in [4.69, 9.17) is 9.84 Å². The lowest BCUT2D eigenvalue weighted by atomic mass is 10.1. The van der Waals surface area contributed by atoms with Crippen LogP contribution in [-0.2, 0) is 16.0 Å². The first kappa shape index (κ1) is 12.4. The molecule has 5 heteroatoms. The molecule has 0 heterocycles. The van der Waals surface area contributed by atoms with Crippen LogP contribution in [0.4, 0.5) is 0 Å². The van der Waals surface area contributed by atoms with Gasteiger partial charge in [0.2, 0.25) is 0 Å². The van der Waals surface area contributed by atoms with E-state index in [9.17, 15) is 9.59 Å². The number of nitrogens with one attached hydrogen (secondary N) is 1.